The van der Waals surface area contributed by atoms with Crippen molar-refractivity contribution in [2.24, 2.45) is 0 Å². The van der Waals surface area contributed by atoms with Crippen LogP contribution in [-0.2, 0) is 19.1 Å². The Hall–Kier alpha value is -1.06. The maximum atomic E-state index is 10.6. The van der Waals surface area contributed by atoms with Crippen LogP contribution in [0, 0.1) is 0 Å². The average molecular weight is 188 g/mol. The molecule has 1 atom stereocenters. The molecule has 0 saturated heterocycles. The maximum Gasteiger partial charge on any atom is 0.302 e. The van der Waals surface area contributed by atoms with Crippen LogP contribution in [0.25, 0.3) is 0 Å². The zero-order valence-electron chi connectivity index (χ0n) is 8.33. The Balaban J connectivity index is 3.59. The Morgan fingerprint density at radius 1 is 1.23 bits per heavy atom. The molecule has 0 unspecified atom stereocenters. The molecule has 0 rings (SSSR count). The summed E-state index contributed by atoms with van der Waals surface area (Å²) in [6, 6.07) is 0. The molecule has 0 aromatic carbocycles. The molecule has 4 heteroatoms. The minimum Gasteiger partial charge on any atom is -0.466 e. The van der Waals surface area contributed by atoms with Gasteiger partial charge >= 0.3 is 11.9 Å². The van der Waals surface area contributed by atoms with Gasteiger partial charge in [0.25, 0.3) is 0 Å². The quantitative estimate of drug-likeness (QED) is 0.610. The number of ether oxygens (including phenoxy) is 2. The first-order chi connectivity index (χ1) is 6.06. The number of carbonyl (C=O) groups is 2. The fourth-order valence-electron chi connectivity index (χ4n) is 0.915. The van der Waals surface area contributed by atoms with E-state index in [1.807, 2.05) is 6.92 Å². The van der Waals surface area contributed by atoms with E-state index in [0.29, 0.717) is 13.0 Å². The Morgan fingerprint density at radius 3 is 2.23 bits per heavy atom. The third-order valence-electron chi connectivity index (χ3n) is 1.53. The fraction of sp³-hybridized carbons (Fsp3) is 0.778. The molecule has 0 N–H and O–H groups in total. The highest BCUT2D eigenvalue weighted by Crippen LogP contribution is 2.04. The number of rotatable bonds is 5. The van der Waals surface area contributed by atoms with Gasteiger partial charge in [-0.2, -0.15) is 0 Å². The summed E-state index contributed by atoms with van der Waals surface area (Å²) in [6.07, 6.45) is 1.16. The summed E-state index contributed by atoms with van der Waals surface area (Å²) in [5, 5.41) is 0. The summed E-state index contributed by atoms with van der Waals surface area (Å²) >= 11 is 0. The summed E-state index contributed by atoms with van der Waals surface area (Å²) < 4.78 is 9.68. The van der Waals surface area contributed by atoms with Gasteiger partial charge in [0.05, 0.1) is 6.61 Å². The van der Waals surface area contributed by atoms with Crippen LogP contribution < -0.4 is 0 Å². The maximum absolute atomic E-state index is 10.6. The van der Waals surface area contributed by atoms with E-state index in [1.165, 1.54) is 13.8 Å². The third-order valence-corrected chi connectivity index (χ3v) is 1.53. The van der Waals surface area contributed by atoms with E-state index in [0.717, 1.165) is 6.42 Å². The molecule has 4 nitrogen and oxygen atoms in total. The fourth-order valence-corrected chi connectivity index (χ4v) is 0.915. The van der Waals surface area contributed by atoms with Gasteiger partial charge in [0.15, 0.2) is 0 Å². The molecule has 0 amide bonds. The molecule has 0 saturated carbocycles. The van der Waals surface area contributed by atoms with Crippen molar-refractivity contribution in [1.82, 2.24) is 0 Å². The first-order valence-corrected chi connectivity index (χ1v) is 4.36. The lowest BCUT2D eigenvalue weighted by molar-refractivity contribution is -0.148. The van der Waals surface area contributed by atoms with Gasteiger partial charge in [-0.3, -0.25) is 9.59 Å². The van der Waals surface area contributed by atoms with Crippen molar-refractivity contribution in [3.63, 3.8) is 0 Å². The van der Waals surface area contributed by atoms with Gasteiger partial charge in [0.2, 0.25) is 0 Å². The topological polar surface area (TPSA) is 52.6 Å². The molecule has 0 aromatic rings. The van der Waals surface area contributed by atoms with Gasteiger partial charge in [0.1, 0.15) is 6.10 Å². The minimum atomic E-state index is -0.308. The van der Waals surface area contributed by atoms with Gasteiger partial charge in [0, 0.05) is 20.3 Å². The second kappa shape index (κ2) is 6.46. The van der Waals surface area contributed by atoms with E-state index in [2.05, 4.69) is 0 Å². The van der Waals surface area contributed by atoms with Crippen molar-refractivity contribution in [3.8, 4) is 0 Å². The van der Waals surface area contributed by atoms with Crippen LogP contribution in [0.15, 0.2) is 0 Å². The molecule has 0 fully saturated rings. The smallest absolute Gasteiger partial charge is 0.302 e. The average Bonchev–Trinajstić information content (AvgIpc) is 2.01. The Kier molecular flexibility index (Phi) is 5.93. The molecular weight excluding hydrogens is 172 g/mol. The van der Waals surface area contributed by atoms with Gasteiger partial charge in [-0.25, -0.2) is 0 Å². The van der Waals surface area contributed by atoms with E-state index >= 15 is 0 Å². The molecule has 0 aliphatic heterocycles. The summed E-state index contributed by atoms with van der Waals surface area (Å²) in [5.74, 6) is -0.604. The van der Waals surface area contributed by atoms with Gasteiger partial charge in [-0.15, -0.1) is 0 Å². The van der Waals surface area contributed by atoms with Crippen molar-refractivity contribution in [2.45, 2.75) is 39.7 Å². The predicted molar refractivity (Wildman–Crippen MR) is 47.1 cm³/mol. The molecule has 0 spiro atoms. The Morgan fingerprint density at radius 2 is 1.85 bits per heavy atom. The number of esters is 2. The summed E-state index contributed by atoms with van der Waals surface area (Å²) in [6.45, 7) is 4.95. The molecular formula is C9H16O4. The predicted octanol–water partition coefficient (Wildman–Crippen LogP) is 1.28. The highest BCUT2D eigenvalue weighted by atomic mass is 16.6. The molecule has 0 heterocycles. The van der Waals surface area contributed by atoms with Crippen LogP contribution in [0.5, 0.6) is 0 Å². The first-order valence-electron chi connectivity index (χ1n) is 4.36. The van der Waals surface area contributed by atoms with E-state index in [-0.39, 0.29) is 18.0 Å². The lowest BCUT2D eigenvalue weighted by Crippen LogP contribution is -2.18. The second-order valence-electron chi connectivity index (χ2n) is 2.77. The monoisotopic (exact) mass is 188 g/mol. The third kappa shape index (κ3) is 7.31. The normalized spacial score (nSPS) is 11.9. The number of carbonyl (C=O) groups excluding carboxylic acids is 2. The van der Waals surface area contributed by atoms with Crippen LogP contribution in [0.4, 0.5) is 0 Å². The van der Waals surface area contributed by atoms with Crippen molar-refractivity contribution in [2.75, 3.05) is 6.61 Å². The summed E-state index contributed by atoms with van der Waals surface area (Å²) in [4.78, 5) is 21.0. The summed E-state index contributed by atoms with van der Waals surface area (Å²) in [7, 11) is 0. The zero-order valence-corrected chi connectivity index (χ0v) is 8.33. The first kappa shape index (κ1) is 11.9. The molecule has 13 heavy (non-hydrogen) atoms. The van der Waals surface area contributed by atoms with Gasteiger partial charge in [-0.1, -0.05) is 6.92 Å². The lowest BCUT2D eigenvalue weighted by Gasteiger charge is -2.14. The van der Waals surface area contributed by atoms with Crippen LogP contribution >= 0.6 is 0 Å². The zero-order chi connectivity index (χ0) is 10.3. The number of hydrogen-bond acceptors (Lipinski definition) is 4. The highest BCUT2D eigenvalue weighted by molar-refractivity contribution is 5.66. The van der Waals surface area contributed by atoms with Gasteiger partial charge < -0.3 is 9.47 Å². The van der Waals surface area contributed by atoms with Crippen LogP contribution in [0.3, 0.4) is 0 Å². The molecule has 0 aliphatic carbocycles. The van der Waals surface area contributed by atoms with E-state index in [9.17, 15) is 9.59 Å². The molecule has 0 radical (unpaired) electrons. The minimum absolute atomic E-state index is 0.142. The van der Waals surface area contributed by atoms with Crippen LogP contribution in [0.1, 0.15) is 33.6 Å². The Labute approximate surface area is 78.2 Å². The van der Waals surface area contributed by atoms with Crippen molar-refractivity contribution in [1.29, 1.82) is 0 Å². The largest absolute Gasteiger partial charge is 0.466 e. The molecule has 0 aromatic heterocycles. The van der Waals surface area contributed by atoms with Crippen molar-refractivity contribution >= 4 is 11.9 Å². The van der Waals surface area contributed by atoms with Crippen LogP contribution in [-0.4, -0.2) is 24.6 Å². The lowest BCUT2D eigenvalue weighted by atomic mass is 10.2. The SMILES string of the molecule is CC[C@@H](CCOC(C)=O)OC(C)=O. The summed E-state index contributed by atoms with van der Waals surface area (Å²) in [5.41, 5.74) is 0. The highest BCUT2D eigenvalue weighted by Gasteiger charge is 2.09. The van der Waals surface area contributed by atoms with Crippen LogP contribution in [0.2, 0.25) is 0 Å². The van der Waals surface area contributed by atoms with Gasteiger partial charge in [-0.05, 0) is 6.42 Å². The standard InChI is InChI=1S/C9H16O4/c1-4-9(13-8(3)11)5-6-12-7(2)10/h9H,4-6H2,1-3H3/t9-/m0/s1. The molecule has 0 aliphatic rings. The molecule has 76 valence electrons. The van der Waals surface area contributed by atoms with Crippen molar-refractivity contribution in [3.05, 3.63) is 0 Å². The number of hydrogen-bond donors (Lipinski definition) is 0. The van der Waals surface area contributed by atoms with E-state index in [4.69, 9.17) is 9.47 Å². The van der Waals surface area contributed by atoms with E-state index in [1.54, 1.807) is 0 Å². The van der Waals surface area contributed by atoms with E-state index < -0.39 is 0 Å². The second-order valence-corrected chi connectivity index (χ2v) is 2.77. The molecule has 0 bridgehead atoms. The Bertz CT molecular complexity index is 176. The van der Waals surface area contributed by atoms with Crippen molar-refractivity contribution < 1.29 is 19.1 Å².